The van der Waals surface area contributed by atoms with E-state index in [1.165, 1.54) is 0 Å². The van der Waals surface area contributed by atoms with E-state index >= 15 is 0 Å². The van der Waals surface area contributed by atoms with Gasteiger partial charge in [-0.25, -0.2) is 0 Å². The number of rotatable bonds is 9. The summed E-state index contributed by atoms with van der Waals surface area (Å²) in [6.07, 6.45) is 0.482. The summed E-state index contributed by atoms with van der Waals surface area (Å²) in [5.41, 5.74) is 3.93. The number of aliphatic hydroxyl groups is 1. The van der Waals surface area contributed by atoms with Crippen LogP contribution >= 0.6 is 0 Å². The molecule has 1 aliphatic heterocycles. The summed E-state index contributed by atoms with van der Waals surface area (Å²) >= 11 is 0. The molecule has 1 atom stereocenters. The van der Waals surface area contributed by atoms with E-state index in [9.17, 15) is 14.7 Å². The second-order valence-electron chi connectivity index (χ2n) is 9.91. The van der Waals surface area contributed by atoms with Crippen molar-refractivity contribution in [3.63, 3.8) is 0 Å². The molecule has 3 aromatic carbocycles. The van der Waals surface area contributed by atoms with E-state index in [0.717, 1.165) is 22.3 Å². The van der Waals surface area contributed by atoms with Gasteiger partial charge in [0.2, 0.25) is 0 Å². The first-order valence-corrected chi connectivity index (χ1v) is 12.9. The number of aryl methyl sites for hydroxylation is 1. The molecule has 1 fully saturated rings. The first kappa shape index (κ1) is 27.8. The largest absolute Gasteiger partial charge is 0.507 e. The lowest BCUT2D eigenvalue weighted by atomic mass is 9.91. The van der Waals surface area contributed by atoms with Crippen molar-refractivity contribution in [2.75, 3.05) is 27.9 Å². The zero-order valence-electron chi connectivity index (χ0n) is 23.3. The molecule has 0 aliphatic carbocycles. The van der Waals surface area contributed by atoms with E-state index in [-0.39, 0.29) is 23.8 Å². The van der Waals surface area contributed by atoms with Crippen LogP contribution in [0.2, 0.25) is 0 Å². The van der Waals surface area contributed by atoms with Gasteiger partial charge in [0.1, 0.15) is 11.5 Å². The molecule has 204 valence electrons. The van der Waals surface area contributed by atoms with Crippen LogP contribution in [-0.4, -0.2) is 49.6 Å². The van der Waals surface area contributed by atoms with Crippen LogP contribution in [-0.2, 0) is 16.0 Å². The summed E-state index contributed by atoms with van der Waals surface area (Å²) in [5.74, 6) is 0.526. The summed E-state index contributed by atoms with van der Waals surface area (Å²) in [4.78, 5) is 28.4. The van der Waals surface area contributed by atoms with Gasteiger partial charge >= 0.3 is 0 Å². The molecular weight excluding hydrogens is 494 g/mol. The number of amides is 1. The molecular formula is C32H35NO6. The summed E-state index contributed by atoms with van der Waals surface area (Å²) in [6, 6.07) is 17.9. The Hall–Kier alpha value is -4.26. The highest BCUT2D eigenvalue weighted by Gasteiger charge is 2.46. The fourth-order valence-electron chi connectivity index (χ4n) is 5.10. The number of aliphatic hydroxyl groups excluding tert-OH is 1. The molecule has 0 spiro atoms. The minimum absolute atomic E-state index is 0.0847. The molecule has 1 aliphatic rings. The van der Waals surface area contributed by atoms with Crippen molar-refractivity contribution >= 4 is 17.4 Å². The van der Waals surface area contributed by atoms with E-state index in [1.54, 1.807) is 26.2 Å². The van der Waals surface area contributed by atoms with Gasteiger partial charge in [-0.2, -0.15) is 0 Å². The Morgan fingerprint density at radius 3 is 2.18 bits per heavy atom. The summed E-state index contributed by atoms with van der Waals surface area (Å²) in [5, 5.41) is 11.6. The highest BCUT2D eigenvalue weighted by molar-refractivity contribution is 6.46. The monoisotopic (exact) mass is 529 g/mol. The van der Waals surface area contributed by atoms with Crippen LogP contribution in [0.15, 0.2) is 66.2 Å². The molecule has 1 saturated heterocycles. The maximum atomic E-state index is 13.5. The molecule has 1 heterocycles. The average molecular weight is 530 g/mol. The standard InChI is InChI=1S/C32H35NO6/c1-19(2)23-18-24(20(3)16-26(23)38-5)30(34)28-29(22-10-8-7-9-11-22)33(32(36)31(28)35)15-14-21-12-13-25(37-4)27(17-21)39-6/h7-13,16-19,29,34H,14-15H2,1-6H3/b30-28+. The topological polar surface area (TPSA) is 85.3 Å². The number of ether oxygens (including phenoxy) is 3. The third-order valence-electron chi connectivity index (χ3n) is 7.20. The highest BCUT2D eigenvalue weighted by atomic mass is 16.5. The van der Waals surface area contributed by atoms with Crippen molar-refractivity contribution in [3.05, 3.63) is 94.1 Å². The molecule has 1 amide bonds. The third kappa shape index (κ3) is 5.35. The Kier molecular flexibility index (Phi) is 8.29. The van der Waals surface area contributed by atoms with Gasteiger partial charge in [-0.1, -0.05) is 50.2 Å². The molecule has 1 N–H and O–H groups in total. The van der Waals surface area contributed by atoms with Crippen LogP contribution in [0, 0.1) is 6.92 Å². The van der Waals surface area contributed by atoms with Gasteiger partial charge in [0.05, 0.1) is 32.9 Å². The average Bonchev–Trinajstić information content (AvgIpc) is 3.20. The molecule has 0 radical (unpaired) electrons. The molecule has 0 aromatic heterocycles. The number of nitrogens with zero attached hydrogens (tertiary/aromatic N) is 1. The molecule has 0 saturated carbocycles. The fraction of sp³-hybridized carbons (Fsp3) is 0.312. The lowest BCUT2D eigenvalue weighted by molar-refractivity contribution is -0.139. The number of hydrogen-bond acceptors (Lipinski definition) is 6. The van der Waals surface area contributed by atoms with Gasteiger partial charge in [0, 0.05) is 12.1 Å². The summed E-state index contributed by atoms with van der Waals surface area (Å²) in [6.45, 7) is 6.20. The summed E-state index contributed by atoms with van der Waals surface area (Å²) in [7, 11) is 4.76. The smallest absolute Gasteiger partial charge is 0.295 e. The van der Waals surface area contributed by atoms with Crippen LogP contribution in [0.25, 0.3) is 5.76 Å². The second-order valence-corrected chi connectivity index (χ2v) is 9.91. The van der Waals surface area contributed by atoms with Gasteiger partial charge in [-0.15, -0.1) is 0 Å². The number of methoxy groups -OCH3 is 3. The predicted molar refractivity (Wildman–Crippen MR) is 151 cm³/mol. The first-order valence-electron chi connectivity index (χ1n) is 12.9. The number of carbonyl (C=O) groups excluding carboxylic acids is 2. The maximum Gasteiger partial charge on any atom is 0.295 e. The van der Waals surface area contributed by atoms with E-state index in [2.05, 4.69) is 0 Å². The molecule has 1 unspecified atom stereocenters. The lowest BCUT2D eigenvalue weighted by Crippen LogP contribution is -2.31. The molecule has 39 heavy (non-hydrogen) atoms. The van der Waals surface area contributed by atoms with Gasteiger partial charge in [0.15, 0.2) is 11.5 Å². The van der Waals surface area contributed by atoms with Crippen LogP contribution in [0.1, 0.15) is 53.6 Å². The second kappa shape index (κ2) is 11.6. The van der Waals surface area contributed by atoms with Crippen molar-refractivity contribution < 1.29 is 28.9 Å². The minimum Gasteiger partial charge on any atom is -0.507 e. The SMILES string of the molecule is COc1ccc(CCN2C(=O)C(=O)/C(=C(/O)c3cc(C(C)C)c(OC)cc3C)C2c2ccccc2)cc1OC. The van der Waals surface area contributed by atoms with Crippen molar-refractivity contribution in [3.8, 4) is 17.2 Å². The number of Topliss-reactive ketones (excluding diaryl/α,β-unsaturated/α-hetero) is 1. The van der Waals surface area contributed by atoms with Gasteiger partial charge in [0.25, 0.3) is 11.7 Å². The number of ketones is 1. The van der Waals surface area contributed by atoms with Crippen molar-refractivity contribution in [2.45, 2.75) is 39.2 Å². The molecule has 7 nitrogen and oxygen atoms in total. The van der Waals surface area contributed by atoms with E-state index in [4.69, 9.17) is 14.2 Å². The Morgan fingerprint density at radius 2 is 1.56 bits per heavy atom. The number of hydrogen-bond donors (Lipinski definition) is 1. The predicted octanol–water partition coefficient (Wildman–Crippen LogP) is 5.81. The molecule has 4 rings (SSSR count). The Labute approximate surface area is 229 Å². The van der Waals surface area contributed by atoms with Crippen LogP contribution in [0.4, 0.5) is 0 Å². The maximum absolute atomic E-state index is 13.5. The zero-order valence-corrected chi connectivity index (χ0v) is 23.3. The normalized spacial score (nSPS) is 16.6. The van der Waals surface area contributed by atoms with E-state index < -0.39 is 17.7 Å². The van der Waals surface area contributed by atoms with Crippen molar-refractivity contribution in [1.82, 2.24) is 4.90 Å². The van der Waals surface area contributed by atoms with Gasteiger partial charge < -0.3 is 24.2 Å². The van der Waals surface area contributed by atoms with Gasteiger partial charge in [-0.05, 0) is 65.8 Å². The number of likely N-dealkylation sites (tertiary alicyclic amines) is 1. The Morgan fingerprint density at radius 1 is 0.897 bits per heavy atom. The molecule has 7 heteroatoms. The minimum atomic E-state index is -0.727. The Bertz CT molecular complexity index is 1410. The number of benzene rings is 3. The van der Waals surface area contributed by atoms with E-state index in [0.29, 0.717) is 29.2 Å². The highest BCUT2D eigenvalue weighted by Crippen LogP contribution is 2.41. The fourth-order valence-corrected chi connectivity index (χ4v) is 5.10. The van der Waals surface area contributed by atoms with Crippen LogP contribution in [0.5, 0.6) is 17.2 Å². The summed E-state index contributed by atoms with van der Waals surface area (Å²) < 4.78 is 16.3. The lowest BCUT2D eigenvalue weighted by Gasteiger charge is -2.26. The first-order chi connectivity index (χ1) is 18.7. The van der Waals surface area contributed by atoms with Crippen molar-refractivity contribution in [1.29, 1.82) is 0 Å². The van der Waals surface area contributed by atoms with Crippen LogP contribution in [0.3, 0.4) is 0 Å². The molecule has 0 bridgehead atoms. The third-order valence-corrected chi connectivity index (χ3v) is 7.20. The zero-order chi connectivity index (χ0) is 28.3. The van der Waals surface area contributed by atoms with E-state index in [1.807, 2.05) is 81.4 Å². The van der Waals surface area contributed by atoms with Crippen LogP contribution < -0.4 is 14.2 Å². The quantitative estimate of drug-likeness (QED) is 0.214. The van der Waals surface area contributed by atoms with Crippen molar-refractivity contribution in [2.24, 2.45) is 0 Å². The Balaban J connectivity index is 1.79. The molecule has 3 aromatic rings. The number of carbonyl (C=O) groups is 2. The van der Waals surface area contributed by atoms with Gasteiger partial charge in [-0.3, -0.25) is 9.59 Å².